The van der Waals surface area contributed by atoms with Crippen molar-refractivity contribution in [2.24, 2.45) is 5.92 Å². The third-order valence-electron chi connectivity index (χ3n) is 3.97. The van der Waals surface area contributed by atoms with E-state index in [0.717, 1.165) is 0 Å². The smallest absolute Gasteiger partial charge is 0.0991 e. The van der Waals surface area contributed by atoms with Gasteiger partial charge in [-0.3, -0.25) is 4.90 Å². The molecule has 0 amide bonds. The molecule has 2 fully saturated rings. The Morgan fingerprint density at radius 1 is 0.882 bits per heavy atom. The minimum absolute atomic E-state index is 0.0572. The van der Waals surface area contributed by atoms with Crippen LogP contribution in [0.15, 0.2) is 0 Å². The van der Waals surface area contributed by atoms with Gasteiger partial charge in [0.1, 0.15) is 0 Å². The van der Waals surface area contributed by atoms with Crippen LogP contribution in [0, 0.1) is 5.92 Å². The molecular weight excluding hydrogens is 230 g/mol. The monoisotopic (exact) mass is 249 g/mol. The molecule has 2 rings (SSSR count). The van der Waals surface area contributed by atoms with Crippen LogP contribution in [0.2, 0.25) is 0 Å². The number of aliphatic hydroxyl groups excluding tert-OH is 6. The summed E-state index contributed by atoms with van der Waals surface area (Å²) in [6.07, 6.45) is -4.49. The van der Waals surface area contributed by atoms with Crippen LogP contribution < -0.4 is 0 Å². The van der Waals surface area contributed by atoms with Gasteiger partial charge in [-0.1, -0.05) is 0 Å². The number of hydrogen-bond donors (Lipinski definition) is 6. The van der Waals surface area contributed by atoms with Crippen LogP contribution >= 0.6 is 0 Å². The minimum Gasteiger partial charge on any atom is -0.396 e. The van der Waals surface area contributed by atoms with Crippen LogP contribution in [0.1, 0.15) is 0 Å². The van der Waals surface area contributed by atoms with Crippen LogP contribution in [0.5, 0.6) is 0 Å². The number of nitrogens with zero attached hydrogens (tertiary/aromatic N) is 1. The summed E-state index contributed by atoms with van der Waals surface area (Å²) in [4.78, 5) is 1.56. The molecular formula is C10H19NO6. The maximum absolute atomic E-state index is 9.89. The van der Waals surface area contributed by atoms with Gasteiger partial charge in [0.25, 0.3) is 0 Å². The molecule has 0 unspecified atom stereocenters. The summed E-state index contributed by atoms with van der Waals surface area (Å²) >= 11 is 0. The Bertz CT molecular complexity index is 278. The van der Waals surface area contributed by atoms with Gasteiger partial charge < -0.3 is 30.6 Å². The summed E-state index contributed by atoms with van der Waals surface area (Å²) in [5, 5.41) is 57.5. The van der Waals surface area contributed by atoms with E-state index < -0.39 is 49.0 Å². The lowest BCUT2D eigenvalue weighted by Gasteiger charge is -2.44. The molecule has 17 heavy (non-hydrogen) atoms. The van der Waals surface area contributed by atoms with Gasteiger partial charge in [-0.2, -0.15) is 0 Å². The molecule has 2 saturated heterocycles. The second-order valence-electron chi connectivity index (χ2n) is 4.82. The summed E-state index contributed by atoms with van der Waals surface area (Å²) < 4.78 is 0. The van der Waals surface area contributed by atoms with E-state index in [1.54, 1.807) is 4.90 Å². The van der Waals surface area contributed by atoms with Gasteiger partial charge in [-0.25, -0.2) is 0 Å². The number of fused-ring (bicyclic) bond motifs is 1. The molecule has 0 aromatic rings. The molecule has 7 nitrogen and oxygen atoms in total. The summed E-state index contributed by atoms with van der Waals surface area (Å²) in [5.41, 5.74) is 0. The van der Waals surface area contributed by atoms with E-state index in [4.69, 9.17) is 0 Å². The highest BCUT2D eigenvalue weighted by atomic mass is 16.3. The molecule has 2 aliphatic heterocycles. The number of piperidine rings is 1. The summed E-state index contributed by atoms with van der Waals surface area (Å²) in [6.45, 7) is -0.696. The topological polar surface area (TPSA) is 125 Å². The van der Waals surface area contributed by atoms with E-state index in [1.807, 2.05) is 0 Å². The predicted octanol–water partition coefficient (Wildman–Crippen LogP) is -3.90. The average molecular weight is 249 g/mol. The standard InChI is InChI=1S/C10H19NO6/c12-2-4-7-10(17)9(16)5(3-13)11(7)1-6(14)8(4)15/h4-10,12-17H,1-3H2/t4-,5+,6+,7+,8-,9+,10+/m0/s1. The number of rotatable bonds is 2. The third kappa shape index (κ3) is 1.88. The molecule has 2 aliphatic rings. The lowest BCUT2D eigenvalue weighted by molar-refractivity contribution is -0.125. The van der Waals surface area contributed by atoms with Crippen molar-refractivity contribution in [3.63, 3.8) is 0 Å². The van der Waals surface area contributed by atoms with Gasteiger partial charge in [0, 0.05) is 18.5 Å². The van der Waals surface area contributed by atoms with Crippen molar-refractivity contribution in [3.8, 4) is 0 Å². The lowest BCUT2D eigenvalue weighted by Crippen LogP contribution is -2.61. The van der Waals surface area contributed by atoms with Crippen LogP contribution in [-0.4, -0.2) is 91.8 Å². The second kappa shape index (κ2) is 4.77. The maximum atomic E-state index is 9.89. The first kappa shape index (κ1) is 13.2. The van der Waals surface area contributed by atoms with Gasteiger partial charge in [-0.15, -0.1) is 0 Å². The molecule has 0 radical (unpaired) electrons. The third-order valence-corrected chi connectivity index (χ3v) is 3.97. The molecule has 0 saturated carbocycles. The fraction of sp³-hybridized carbons (Fsp3) is 1.00. The summed E-state index contributed by atoms with van der Waals surface area (Å²) in [5.74, 6) is -0.736. The quantitative estimate of drug-likeness (QED) is 0.295. The molecule has 6 N–H and O–H groups in total. The van der Waals surface area contributed by atoms with Gasteiger partial charge in [0.15, 0.2) is 0 Å². The van der Waals surface area contributed by atoms with E-state index in [-0.39, 0.29) is 13.2 Å². The Morgan fingerprint density at radius 3 is 2.06 bits per heavy atom. The van der Waals surface area contributed by atoms with Crippen LogP contribution in [-0.2, 0) is 0 Å². The number of aliphatic hydroxyl groups is 6. The lowest BCUT2D eigenvalue weighted by atomic mass is 9.84. The van der Waals surface area contributed by atoms with Crippen LogP contribution in [0.25, 0.3) is 0 Å². The Labute approximate surface area is 98.5 Å². The number of hydrogen-bond acceptors (Lipinski definition) is 7. The molecule has 0 aromatic carbocycles. The highest BCUT2D eigenvalue weighted by molar-refractivity contribution is 5.08. The van der Waals surface area contributed by atoms with Gasteiger partial charge in [0.05, 0.1) is 43.7 Å². The van der Waals surface area contributed by atoms with E-state index >= 15 is 0 Å². The minimum atomic E-state index is -1.15. The Balaban J connectivity index is 2.27. The van der Waals surface area contributed by atoms with E-state index in [1.165, 1.54) is 0 Å². The first-order valence-corrected chi connectivity index (χ1v) is 5.72. The fourth-order valence-electron chi connectivity index (χ4n) is 3.04. The SMILES string of the molecule is OC[C@@H]1[C@H](O)[C@H](O)CN2[C@H]1[C@@H](O)[C@H](O)[C@H]2CO. The van der Waals surface area contributed by atoms with Crippen molar-refractivity contribution in [2.75, 3.05) is 19.8 Å². The van der Waals surface area contributed by atoms with Crippen LogP contribution in [0.3, 0.4) is 0 Å². The van der Waals surface area contributed by atoms with Crippen molar-refractivity contribution in [2.45, 2.75) is 36.5 Å². The zero-order valence-electron chi connectivity index (χ0n) is 9.29. The molecule has 0 aliphatic carbocycles. The highest BCUT2D eigenvalue weighted by Crippen LogP contribution is 2.35. The molecule has 0 bridgehead atoms. The summed E-state index contributed by atoms with van der Waals surface area (Å²) in [7, 11) is 0. The normalized spacial score (nSPS) is 51.5. The van der Waals surface area contributed by atoms with E-state index in [2.05, 4.69) is 0 Å². The Morgan fingerprint density at radius 2 is 1.53 bits per heavy atom. The van der Waals surface area contributed by atoms with Gasteiger partial charge in [-0.05, 0) is 0 Å². The average Bonchev–Trinajstić information content (AvgIpc) is 2.54. The molecule has 100 valence electrons. The first-order chi connectivity index (χ1) is 8.02. The second-order valence-corrected chi connectivity index (χ2v) is 4.82. The molecule has 7 heteroatoms. The zero-order valence-corrected chi connectivity index (χ0v) is 9.29. The van der Waals surface area contributed by atoms with Gasteiger partial charge >= 0.3 is 0 Å². The highest BCUT2D eigenvalue weighted by Gasteiger charge is 2.55. The maximum Gasteiger partial charge on any atom is 0.0991 e. The zero-order chi connectivity index (χ0) is 12.7. The largest absolute Gasteiger partial charge is 0.396 e. The molecule has 7 atom stereocenters. The van der Waals surface area contributed by atoms with Gasteiger partial charge in [0.2, 0.25) is 0 Å². The first-order valence-electron chi connectivity index (χ1n) is 5.72. The van der Waals surface area contributed by atoms with Crippen molar-refractivity contribution in [1.29, 1.82) is 0 Å². The van der Waals surface area contributed by atoms with E-state index in [0.29, 0.717) is 0 Å². The van der Waals surface area contributed by atoms with Crippen molar-refractivity contribution in [3.05, 3.63) is 0 Å². The van der Waals surface area contributed by atoms with Crippen molar-refractivity contribution in [1.82, 2.24) is 4.90 Å². The predicted molar refractivity (Wildman–Crippen MR) is 56.0 cm³/mol. The van der Waals surface area contributed by atoms with Crippen LogP contribution in [0.4, 0.5) is 0 Å². The van der Waals surface area contributed by atoms with E-state index in [9.17, 15) is 30.6 Å². The Kier molecular flexibility index (Phi) is 3.69. The fourth-order valence-corrected chi connectivity index (χ4v) is 3.04. The molecule has 0 spiro atoms. The summed E-state index contributed by atoms with van der Waals surface area (Å²) in [6, 6.07) is -1.32. The van der Waals surface area contributed by atoms with Crippen molar-refractivity contribution < 1.29 is 30.6 Å². The molecule has 0 aromatic heterocycles. The molecule has 2 heterocycles. The van der Waals surface area contributed by atoms with Crippen molar-refractivity contribution >= 4 is 0 Å². The Hall–Kier alpha value is -0.280.